The fourth-order valence-corrected chi connectivity index (χ4v) is 3.16. The highest BCUT2D eigenvalue weighted by atomic mass is 79.9. The Balaban J connectivity index is 2.12. The van der Waals surface area contributed by atoms with Crippen LogP contribution in [-0.4, -0.2) is 12.1 Å². The Morgan fingerprint density at radius 1 is 1.37 bits per heavy atom. The summed E-state index contributed by atoms with van der Waals surface area (Å²) in [6.07, 6.45) is 0. The normalized spacial score (nSPS) is 10.7. The summed E-state index contributed by atoms with van der Waals surface area (Å²) in [5, 5.41) is 4.54. The number of rotatable bonds is 5. The number of thiazole rings is 1. The van der Waals surface area contributed by atoms with Gasteiger partial charge in [-0.3, -0.25) is 0 Å². The van der Waals surface area contributed by atoms with Gasteiger partial charge in [-0.2, -0.15) is 0 Å². The lowest BCUT2D eigenvalue weighted by atomic mass is 10.2. The van der Waals surface area contributed by atoms with E-state index in [2.05, 4.69) is 39.2 Å². The second-order valence-corrected chi connectivity index (χ2v) is 6.44. The molecule has 2 aromatic rings. The molecular formula is C14H17BrN2OS. The average molecular weight is 341 g/mol. The minimum Gasteiger partial charge on any atom is -0.380 e. The molecule has 0 aliphatic rings. The number of aromatic nitrogens is 1. The third kappa shape index (κ3) is 3.55. The summed E-state index contributed by atoms with van der Waals surface area (Å²) in [7, 11) is 1.71. The first-order chi connectivity index (χ1) is 9.11. The number of ether oxygens (including phenoxy) is 1. The van der Waals surface area contributed by atoms with Crippen LogP contribution < -0.4 is 5.32 Å². The lowest BCUT2D eigenvalue weighted by molar-refractivity contribution is 0.185. The van der Waals surface area contributed by atoms with Crippen LogP contribution in [0.25, 0.3) is 0 Å². The number of nitrogens with zero attached hydrogens (tertiary/aromatic N) is 1. The van der Waals surface area contributed by atoms with Crippen LogP contribution in [0.2, 0.25) is 0 Å². The maximum Gasteiger partial charge on any atom is 0.112 e. The van der Waals surface area contributed by atoms with Gasteiger partial charge in [-0.25, -0.2) is 4.98 Å². The Labute approximate surface area is 126 Å². The van der Waals surface area contributed by atoms with E-state index in [9.17, 15) is 0 Å². The Morgan fingerprint density at radius 3 is 2.79 bits per heavy atom. The zero-order valence-corrected chi connectivity index (χ0v) is 13.7. The van der Waals surface area contributed by atoms with E-state index in [1.165, 1.54) is 4.88 Å². The molecule has 0 aliphatic heterocycles. The molecule has 102 valence electrons. The minimum atomic E-state index is 0.583. The number of benzene rings is 1. The van der Waals surface area contributed by atoms with Crippen LogP contribution in [0.5, 0.6) is 0 Å². The second kappa shape index (κ2) is 6.50. The van der Waals surface area contributed by atoms with Gasteiger partial charge in [-0.1, -0.05) is 22.0 Å². The minimum absolute atomic E-state index is 0.583. The van der Waals surface area contributed by atoms with E-state index in [0.717, 1.165) is 33.0 Å². The smallest absolute Gasteiger partial charge is 0.112 e. The summed E-state index contributed by atoms with van der Waals surface area (Å²) in [4.78, 5) is 5.82. The lowest BCUT2D eigenvalue weighted by Crippen LogP contribution is -2.03. The van der Waals surface area contributed by atoms with E-state index in [0.29, 0.717) is 6.61 Å². The molecule has 0 saturated carbocycles. The molecule has 5 heteroatoms. The lowest BCUT2D eigenvalue weighted by Gasteiger charge is -2.12. The molecule has 1 heterocycles. The first-order valence-electron chi connectivity index (χ1n) is 6.05. The van der Waals surface area contributed by atoms with Crippen LogP contribution in [-0.2, 0) is 17.9 Å². The van der Waals surface area contributed by atoms with Crippen LogP contribution in [0.4, 0.5) is 5.69 Å². The summed E-state index contributed by atoms with van der Waals surface area (Å²) in [6.45, 7) is 5.48. The first-order valence-corrected chi connectivity index (χ1v) is 7.66. The molecule has 0 radical (unpaired) electrons. The molecule has 0 bridgehead atoms. The quantitative estimate of drug-likeness (QED) is 0.881. The molecular weight excluding hydrogens is 324 g/mol. The van der Waals surface area contributed by atoms with Crippen LogP contribution in [0.15, 0.2) is 22.7 Å². The van der Waals surface area contributed by atoms with Crippen molar-refractivity contribution in [1.29, 1.82) is 0 Å². The Kier molecular flexibility index (Phi) is 4.96. The summed E-state index contributed by atoms with van der Waals surface area (Å²) in [6, 6.07) is 6.10. The van der Waals surface area contributed by atoms with Crippen LogP contribution in [0.3, 0.4) is 0 Å². The largest absolute Gasteiger partial charge is 0.380 e. The van der Waals surface area contributed by atoms with Crippen molar-refractivity contribution in [2.24, 2.45) is 0 Å². The SMILES string of the molecule is COCc1c(Br)cccc1NCc1nc(C)c(C)s1. The van der Waals surface area contributed by atoms with Crippen molar-refractivity contribution >= 4 is 33.0 Å². The van der Waals surface area contributed by atoms with Gasteiger partial charge in [-0.05, 0) is 26.0 Å². The maximum absolute atomic E-state index is 5.24. The third-order valence-electron chi connectivity index (χ3n) is 2.91. The molecule has 0 spiro atoms. The van der Waals surface area contributed by atoms with Gasteiger partial charge in [0.05, 0.1) is 18.8 Å². The summed E-state index contributed by atoms with van der Waals surface area (Å²) < 4.78 is 6.30. The van der Waals surface area contributed by atoms with Gasteiger partial charge in [0.15, 0.2) is 0 Å². The van der Waals surface area contributed by atoms with Gasteiger partial charge in [0, 0.05) is 27.7 Å². The highest BCUT2D eigenvalue weighted by molar-refractivity contribution is 9.10. The summed E-state index contributed by atoms with van der Waals surface area (Å²) >= 11 is 5.30. The van der Waals surface area contributed by atoms with Crippen molar-refractivity contribution in [1.82, 2.24) is 4.98 Å². The highest BCUT2D eigenvalue weighted by Gasteiger charge is 2.08. The van der Waals surface area contributed by atoms with Gasteiger partial charge >= 0.3 is 0 Å². The number of hydrogen-bond acceptors (Lipinski definition) is 4. The summed E-state index contributed by atoms with van der Waals surface area (Å²) in [5.74, 6) is 0. The average Bonchev–Trinajstić information content (AvgIpc) is 2.70. The first kappa shape index (κ1) is 14.5. The molecule has 19 heavy (non-hydrogen) atoms. The molecule has 1 N–H and O–H groups in total. The van der Waals surface area contributed by atoms with Crippen molar-refractivity contribution in [2.75, 3.05) is 12.4 Å². The topological polar surface area (TPSA) is 34.1 Å². The van der Waals surface area contributed by atoms with Gasteiger partial charge in [0.1, 0.15) is 5.01 Å². The molecule has 0 atom stereocenters. The molecule has 1 aromatic carbocycles. The monoisotopic (exact) mass is 340 g/mol. The van der Waals surface area contributed by atoms with E-state index in [4.69, 9.17) is 4.74 Å². The van der Waals surface area contributed by atoms with Crippen molar-refractivity contribution < 1.29 is 4.74 Å². The van der Waals surface area contributed by atoms with E-state index < -0.39 is 0 Å². The van der Waals surface area contributed by atoms with Crippen molar-refractivity contribution in [3.05, 3.63) is 43.8 Å². The van der Waals surface area contributed by atoms with E-state index in [-0.39, 0.29) is 0 Å². The molecule has 3 nitrogen and oxygen atoms in total. The van der Waals surface area contributed by atoms with E-state index in [1.54, 1.807) is 18.4 Å². The highest BCUT2D eigenvalue weighted by Crippen LogP contribution is 2.26. The predicted octanol–water partition coefficient (Wildman–Crippen LogP) is 4.28. The van der Waals surface area contributed by atoms with Crippen molar-refractivity contribution in [2.45, 2.75) is 27.0 Å². The van der Waals surface area contributed by atoms with E-state index >= 15 is 0 Å². The Morgan fingerprint density at radius 2 is 2.16 bits per heavy atom. The molecule has 0 amide bonds. The third-order valence-corrected chi connectivity index (χ3v) is 4.73. The van der Waals surface area contributed by atoms with Gasteiger partial charge in [-0.15, -0.1) is 11.3 Å². The zero-order chi connectivity index (χ0) is 13.8. The number of methoxy groups -OCH3 is 1. The maximum atomic E-state index is 5.24. The molecule has 1 aromatic heterocycles. The van der Waals surface area contributed by atoms with E-state index in [1.807, 2.05) is 19.1 Å². The molecule has 0 aliphatic carbocycles. The zero-order valence-electron chi connectivity index (χ0n) is 11.3. The molecule has 0 unspecified atom stereocenters. The number of nitrogens with one attached hydrogen (secondary N) is 1. The number of aryl methyl sites for hydroxylation is 2. The number of anilines is 1. The second-order valence-electron chi connectivity index (χ2n) is 4.30. The fourth-order valence-electron chi connectivity index (χ4n) is 1.80. The van der Waals surface area contributed by atoms with Crippen LogP contribution >= 0.6 is 27.3 Å². The fraction of sp³-hybridized carbons (Fsp3) is 0.357. The van der Waals surface area contributed by atoms with Gasteiger partial charge in [0.2, 0.25) is 0 Å². The number of halogens is 1. The Hall–Kier alpha value is -0.910. The van der Waals surface area contributed by atoms with Crippen LogP contribution in [0.1, 0.15) is 21.1 Å². The van der Waals surface area contributed by atoms with Crippen molar-refractivity contribution in [3.63, 3.8) is 0 Å². The van der Waals surface area contributed by atoms with Crippen molar-refractivity contribution in [3.8, 4) is 0 Å². The Bertz CT molecular complexity index is 549. The summed E-state index contributed by atoms with van der Waals surface area (Å²) in [5.41, 5.74) is 3.34. The molecule has 0 saturated heterocycles. The van der Waals surface area contributed by atoms with Crippen LogP contribution in [0, 0.1) is 13.8 Å². The van der Waals surface area contributed by atoms with Gasteiger partial charge < -0.3 is 10.1 Å². The number of hydrogen-bond donors (Lipinski definition) is 1. The standard InChI is InChI=1S/C14H17BrN2OS/c1-9-10(2)19-14(17-9)7-16-13-6-4-5-12(15)11(13)8-18-3/h4-6,16H,7-8H2,1-3H3. The predicted molar refractivity (Wildman–Crippen MR) is 83.8 cm³/mol. The molecule has 2 rings (SSSR count). The molecule has 0 fully saturated rings. The van der Waals surface area contributed by atoms with Gasteiger partial charge in [0.25, 0.3) is 0 Å².